The zero-order valence-corrected chi connectivity index (χ0v) is 17.5. The van der Waals surface area contributed by atoms with Crippen molar-refractivity contribution in [1.29, 1.82) is 0 Å². The van der Waals surface area contributed by atoms with Crippen molar-refractivity contribution in [1.82, 2.24) is 4.90 Å². The third kappa shape index (κ3) is 4.70. The summed E-state index contributed by atoms with van der Waals surface area (Å²) in [5, 5.41) is 3.19. The highest BCUT2D eigenvalue weighted by Crippen LogP contribution is 2.39. The minimum absolute atomic E-state index is 0.000449. The maximum absolute atomic E-state index is 13.0. The number of nitrogens with zero attached hydrogens (tertiary/aromatic N) is 2. The number of anilines is 1. The summed E-state index contributed by atoms with van der Waals surface area (Å²) in [6.07, 6.45) is 3.13. The van der Waals surface area contributed by atoms with E-state index in [0.717, 1.165) is 41.4 Å². The van der Waals surface area contributed by atoms with Crippen LogP contribution in [0.2, 0.25) is 0 Å². The predicted octanol–water partition coefficient (Wildman–Crippen LogP) is 4.68. The molecule has 1 saturated heterocycles. The molecule has 6 heteroatoms. The molecule has 2 fully saturated rings. The van der Waals surface area contributed by atoms with Crippen LogP contribution in [0.15, 0.2) is 53.5 Å². The van der Waals surface area contributed by atoms with Gasteiger partial charge in [0.2, 0.25) is 11.8 Å². The minimum atomic E-state index is -0.422. The van der Waals surface area contributed by atoms with E-state index in [9.17, 15) is 9.59 Å². The molecule has 1 atom stereocenters. The van der Waals surface area contributed by atoms with E-state index in [4.69, 9.17) is 4.99 Å². The molecule has 0 spiro atoms. The Morgan fingerprint density at radius 3 is 2.45 bits per heavy atom. The summed E-state index contributed by atoms with van der Waals surface area (Å²) in [7, 11) is 0. The fourth-order valence-corrected chi connectivity index (χ4v) is 4.51. The highest BCUT2D eigenvalue weighted by molar-refractivity contribution is 8.15. The number of hydrogen-bond acceptors (Lipinski definition) is 4. The van der Waals surface area contributed by atoms with Gasteiger partial charge >= 0.3 is 0 Å². The normalized spacial score (nSPS) is 20.3. The van der Waals surface area contributed by atoms with Crippen LogP contribution in [-0.2, 0) is 16.0 Å². The van der Waals surface area contributed by atoms with Gasteiger partial charge in [-0.05, 0) is 56.0 Å². The molecule has 5 nitrogen and oxygen atoms in total. The van der Waals surface area contributed by atoms with E-state index in [1.54, 1.807) is 0 Å². The van der Waals surface area contributed by atoms with Crippen LogP contribution in [-0.4, -0.2) is 33.2 Å². The minimum Gasteiger partial charge on any atom is -0.326 e. The molecule has 4 rings (SSSR count). The average Bonchev–Trinajstić information content (AvgIpc) is 3.50. The number of amides is 2. The Morgan fingerprint density at radius 1 is 1.14 bits per heavy atom. The van der Waals surface area contributed by atoms with Crippen LogP contribution in [0.3, 0.4) is 0 Å². The Hall–Kier alpha value is -2.60. The monoisotopic (exact) mass is 407 g/mol. The van der Waals surface area contributed by atoms with Gasteiger partial charge in [0, 0.05) is 18.2 Å². The van der Waals surface area contributed by atoms with E-state index in [-0.39, 0.29) is 24.3 Å². The molecule has 0 radical (unpaired) electrons. The first kappa shape index (κ1) is 19.7. The molecule has 1 heterocycles. The quantitative estimate of drug-likeness (QED) is 0.756. The number of aliphatic imine (C=N–C) groups is 1. The molecule has 1 aliphatic heterocycles. The first-order valence-corrected chi connectivity index (χ1v) is 11.0. The average molecular weight is 408 g/mol. The van der Waals surface area contributed by atoms with E-state index < -0.39 is 5.25 Å². The van der Waals surface area contributed by atoms with E-state index in [2.05, 4.69) is 24.4 Å². The summed E-state index contributed by atoms with van der Waals surface area (Å²) in [6, 6.07) is 16.0. The van der Waals surface area contributed by atoms with Crippen LogP contribution in [0.4, 0.5) is 11.4 Å². The van der Waals surface area contributed by atoms with Crippen molar-refractivity contribution in [2.75, 3.05) is 5.32 Å². The number of carbonyl (C=O) groups is 2. The van der Waals surface area contributed by atoms with Crippen molar-refractivity contribution >= 4 is 40.1 Å². The van der Waals surface area contributed by atoms with Gasteiger partial charge in [0.1, 0.15) is 5.25 Å². The molecule has 150 valence electrons. The summed E-state index contributed by atoms with van der Waals surface area (Å²) in [6.45, 7) is 4.12. The van der Waals surface area contributed by atoms with Crippen LogP contribution in [0.5, 0.6) is 0 Å². The number of carbonyl (C=O) groups excluding carboxylic acids is 2. The Bertz CT molecular complexity index is 934. The number of benzene rings is 2. The Labute approximate surface area is 175 Å². The summed E-state index contributed by atoms with van der Waals surface area (Å²) in [4.78, 5) is 32.0. The largest absolute Gasteiger partial charge is 0.326 e. The lowest BCUT2D eigenvalue weighted by Gasteiger charge is -2.15. The standard InChI is InChI=1S/C23H25N3O2S/c1-3-16-6-10-18(11-7-16)25-23-26(19-12-13-19)22(28)20(29-23)14-21(27)24-17-8-4-15(2)5-9-17/h4-11,19-20H,3,12-14H2,1-2H3,(H,24,27). The second kappa shape index (κ2) is 8.41. The molecule has 2 amide bonds. The lowest BCUT2D eigenvalue weighted by Crippen LogP contribution is -2.35. The van der Waals surface area contributed by atoms with Crippen LogP contribution in [0, 0.1) is 6.92 Å². The smallest absolute Gasteiger partial charge is 0.242 e. The molecular formula is C23H25N3O2S. The van der Waals surface area contributed by atoms with Gasteiger partial charge in [-0.15, -0.1) is 0 Å². The number of aryl methyl sites for hydroxylation is 2. The highest BCUT2D eigenvalue weighted by atomic mass is 32.2. The first-order chi connectivity index (χ1) is 14.0. The Balaban J connectivity index is 1.47. The number of nitrogens with one attached hydrogen (secondary N) is 1. The topological polar surface area (TPSA) is 61.8 Å². The maximum atomic E-state index is 13.0. The molecule has 2 aromatic carbocycles. The SMILES string of the molecule is CCc1ccc(N=C2SC(CC(=O)Nc3ccc(C)cc3)C(=O)N2C2CC2)cc1. The molecular weight excluding hydrogens is 382 g/mol. The maximum Gasteiger partial charge on any atom is 0.242 e. The van der Waals surface area contributed by atoms with Crippen molar-refractivity contribution in [3.8, 4) is 0 Å². The van der Waals surface area contributed by atoms with Gasteiger partial charge in [0.15, 0.2) is 5.17 Å². The van der Waals surface area contributed by atoms with Gasteiger partial charge in [-0.1, -0.05) is 48.5 Å². The second-order valence-electron chi connectivity index (χ2n) is 7.58. The van der Waals surface area contributed by atoms with Crippen molar-refractivity contribution < 1.29 is 9.59 Å². The molecule has 1 unspecified atom stereocenters. The van der Waals surface area contributed by atoms with Crippen LogP contribution in [0.1, 0.15) is 37.3 Å². The lowest BCUT2D eigenvalue weighted by molar-refractivity contribution is -0.128. The number of thioether (sulfide) groups is 1. The Kier molecular flexibility index (Phi) is 5.72. The molecule has 1 saturated carbocycles. The zero-order chi connectivity index (χ0) is 20.4. The van der Waals surface area contributed by atoms with Crippen molar-refractivity contribution in [3.05, 3.63) is 59.7 Å². The van der Waals surface area contributed by atoms with Crippen molar-refractivity contribution in [2.24, 2.45) is 4.99 Å². The summed E-state index contributed by atoms with van der Waals surface area (Å²) >= 11 is 1.41. The van der Waals surface area contributed by atoms with Crippen LogP contribution < -0.4 is 5.32 Å². The molecule has 1 aliphatic carbocycles. The van der Waals surface area contributed by atoms with Gasteiger partial charge in [-0.25, -0.2) is 4.99 Å². The molecule has 0 bridgehead atoms. The van der Waals surface area contributed by atoms with Gasteiger partial charge < -0.3 is 5.32 Å². The molecule has 29 heavy (non-hydrogen) atoms. The summed E-state index contributed by atoms with van der Waals surface area (Å²) < 4.78 is 0. The van der Waals surface area contributed by atoms with E-state index in [1.165, 1.54) is 17.3 Å². The van der Waals surface area contributed by atoms with Crippen molar-refractivity contribution in [2.45, 2.75) is 50.8 Å². The van der Waals surface area contributed by atoms with Crippen molar-refractivity contribution in [3.63, 3.8) is 0 Å². The Morgan fingerprint density at radius 2 is 1.83 bits per heavy atom. The van der Waals surface area contributed by atoms with Crippen LogP contribution in [0.25, 0.3) is 0 Å². The van der Waals surface area contributed by atoms with Crippen LogP contribution >= 0.6 is 11.8 Å². The summed E-state index contributed by atoms with van der Waals surface area (Å²) in [5.74, 6) is -0.149. The highest BCUT2D eigenvalue weighted by Gasteiger charge is 2.46. The lowest BCUT2D eigenvalue weighted by atomic mass is 10.2. The van der Waals surface area contributed by atoms with E-state index in [0.29, 0.717) is 0 Å². The number of rotatable bonds is 6. The van der Waals surface area contributed by atoms with E-state index >= 15 is 0 Å². The number of amidine groups is 1. The third-order valence-corrected chi connectivity index (χ3v) is 6.31. The van der Waals surface area contributed by atoms with Gasteiger partial charge in [-0.3, -0.25) is 14.5 Å². The molecule has 0 aromatic heterocycles. The van der Waals surface area contributed by atoms with E-state index in [1.807, 2.05) is 48.2 Å². The molecule has 1 N–H and O–H groups in total. The fraction of sp³-hybridized carbons (Fsp3) is 0.348. The van der Waals surface area contributed by atoms with Gasteiger partial charge in [0.25, 0.3) is 0 Å². The van der Waals surface area contributed by atoms with Gasteiger partial charge in [-0.2, -0.15) is 0 Å². The predicted molar refractivity (Wildman–Crippen MR) is 119 cm³/mol. The molecule has 2 aliphatic rings. The first-order valence-electron chi connectivity index (χ1n) is 10.1. The summed E-state index contributed by atoms with van der Waals surface area (Å²) in [5.41, 5.74) is 3.99. The molecule has 2 aromatic rings. The second-order valence-corrected chi connectivity index (χ2v) is 8.75. The van der Waals surface area contributed by atoms with Gasteiger partial charge in [0.05, 0.1) is 5.69 Å². The zero-order valence-electron chi connectivity index (χ0n) is 16.7. The third-order valence-electron chi connectivity index (χ3n) is 5.15. The number of hydrogen-bond donors (Lipinski definition) is 1. The fourth-order valence-electron chi connectivity index (χ4n) is 3.30.